The Morgan fingerprint density at radius 2 is 1.69 bits per heavy atom. The summed E-state index contributed by atoms with van der Waals surface area (Å²) in [4.78, 5) is 36.1. The Morgan fingerprint density at radius 1 is 0.952 bits per heavy atom. The number of nitrogens with one attached hydrogen (secondary N) is 3. The first-order chi connectivity index (χ1) is 20.2. The first-order valence-electron chi connectivity index (χ1n) is 13.5. The van der Waals surface area contributed by atoms with Crippen LogP contribution in [0, 0.1) is 0 Å². The smallest absolute Gasteiger partial charge is 0.407 e. The number of amides is 3. The Hall–Kier alpha value is -4.71. The number of hydrogen-bond donors (Lipinski definition) is 5. The number of carbonyl (C=O) groups excluding carboxylic acids is 3. The third kappa shape index (κ3) is 11.4. The van der Waals surface area contributed by atoms with Gasteiger partial charge in [0.2, 0.25) is 16.9 Å². The normalized spacial score (nSPS) is 12.3. The minimum Gasteiger partial charge on any atom is -0.453 e. The van der Waals surface area contributed by atoms with E-state index in [1.807, 2.05) is 61.5 Å². The first-order valence-corrected chi connectivity index (χ1v) is 14.3. The number of nitrogens with two attached hydrogens (primary N) is 2. The van der Waals surface area contributed by atoms with Gasteiger partial charge in [-0.2, -0.15) is 0 Å². The quantitative estimate of drug-likeness (QED) is 0.139. The monoisotopic (exact) mass is 591 g/mol. The molecule has 0 bridgehead atoms. The maximum atomic E-state index is 12.6. The first kappa shape index (κ1) is 31.8. The van der Waals surface area contributed by atoms with Crippen molar-refractivity contribution in [1.82, 2.24) is 20.8 Å². The van der Waals surface area contributed by atoms with Gasteiger partial charge >= 0.3 is 6.09 Å². The van der Waals surface area contributed by atoms with Gasteiger partial charge in [0.1, 0.15) is 10.8 Å². The van der Waals surface area contributed by atoms with E-state index in [1.165, 1.54) is 18.4 Å². The summed E-state index contributed by atoms with van der Waals surface area (Å²) in [5.41, 5.74) is 15.2. The highest BCUT2D eigenvalue weighted by atomic mass is 32.1. The van der Waals surface area contributed by atoms with Gasteiger partial charge in [0.15, 0.2) is 0 Å². The van der Waals surface area contributed by atoms with Crippen molar-refractivity contribution in [3.63, 3.8) is 0 Å². The van der Waals surface area contributed by atoms with Gasteiger partial charge in [-0.15, -0.1) is 10.2 Å². The molecule has 0 aliphatic rings. The van der Waals surface area contributed by atoms with E-state index in [9.17, 15) is 14.4 Å². The highest BCUT2D eigenvalue weighted by Crippen LogP contribution is 2.19. The standard InChI is InChI=1S/C30H37N7O4S/c1-20(33-30(40)41-2)23-12-8-11-22(17-23)19-27(39)35-29-37-36-28(42-29)14-7-6-13-24(31)15-16-25(32)34-26(38)18-21-9-4-3-5-10-21/h3-5,8-12,15-17,20H,6-7,13-14,18-19,31-32H2,1-2H3,(H,33,40)(H,34,38)(H,35,37,39)/b24-15-,25-16+. The van der Waals surface area contributed by atoms with Gasteiger partial charge in [0.25, 0.3) is 0 Å². The second-order valence-corrected chi connectivity index (χ2v) is 10.7. The van der Waals surface area contributed by atoms with Crippen molar-refractivity contribution in [2.75, 3.05) is 12.4 Å². The van der Waals surface area contributed by atoms with Crippen LogP contribution in [0.25, 0.3) is 0 Å². The molecule has 0 spiro atoms. The number of nitrogens with zero attached hydrogens (tertiary/aromatic N) is 2. The maximum absolute atomic E-state index is 12.6. The van der Waals surface area contributed by atoms with E-state index in [-0.39, 0.29) is 36.5 Å². The Labute approximate surface area is 249 Å². The van der Waals surface area contributed by atoms with Gasteiger partial charge in [0, 0.05) is 12.1 Å². The van der Waals surface area contributed by atoms with Crippen LogP contribution in [-0.2, 0) is 33.6 Å². The van der Waals surface area contributed by atoms with Crippen LogP contribution >= 0.6 is 11.3 Å². The van der Waals surface area contributed by atoms with Crippen LogP contribution < -0.4 is 27.4 Å². The average Bonchev–Trinajstić information content (AvgIpc) is 3.41. The molecule has 1 heterocycles. The summed E-state index contributed by atoms with van der Waals surface area (Å²) in [6, 6.07) is 16.6. The summed E-state index contributed by atoms with van der Waals surface area (Å²) in [5.74, 6) is -0.159. The molecule has 222 valence electrons. The molecule has 0 fully saturated rings. The fraction of sp³-hybridized carbons (Fsp3) is 0.300. The van der Waals surface area contributed by atoms with E-state index >= 15 is 0 Å². The van der Waals surface area contributed by atoms with Crippen LogP contribution in [0.4, 0.5) is 9.93 Å². The maximum Gasteiger partial charge on any atom is 0.407 e. The lowest BCUT2D eigenvalue weighted by molar-refractivity contribution is -0.119. The largest absolute Gasteiger partial charge is 0.453 e. The SMILES string of the molecule is COC(=O)NC(C)c1cccc(CC(=O)Nc2nnc(CCCC/C(N)=C/C=C(\N)NC(=O)Cc3ccccc3)s2)c1. The van der Waals surface area contributed by atoms with E-state index in [4.69, 9.17) is 11.5 Å². The van der Waals surface area contributed by atoms with Crippen molar-refractivity contribution in [1.29, 1.82) is 0 Å². The number of ether oxygens (including phenoxy) is 1. The van der Waals surface area contributed by atoms with Crippen molar-refractivity contribution in [3.05, 3.63) is 100.0 Å². The molecule has 12 heteroatoms. The lowest BCUT2D eigenvalue weighted by Crippen LogP contribution is -2.28. The van der Waals surface area contributed by atoms with E-state index < -0.39 is 6.09 Å². The minimum absolute atomic E-state index is 0.162. The number of anilines is 1. The van der Waals surface area contributed by atoms with Gasteiger partial charge in [0.05, 0.1) is 26.0 Å². The molecular weight excluding hydrogens is 554 g/mol. The summed E-state index contributed by atoms with van der Waals surface area (Å²) in [6.45, 7) is 1.84. The number of hydrogen-bond acceptors (Lipinski definition) is 9. The van der Waals surface area contributed by atoms with Gasteiger partial charge in [-0.3, -0.25) is 9.59 Å². The predicted octanol–water partition coefficient (Wildman–Crippen LogP) is 3.85. The molecule has 0 radical (unpaired) electrons. The zero-order valence-electron chi connectivity index (χ0n) is 23.8. The van der Waals surface area contributed by atoms with Crippen LogP contribution in [0.15, 0.2) is 78.3 Å². The molecule has 3 rings (SSSR count). The Balaban J connectivity index is 1.37. The van der Waals surface area contributed by atoms with Crippen molar-refractivity contribution in [2.24, 2.45) is 11.5 Å². The highest BCUT2D eigenvalue weighted by Gasteiger charge is 2.13. The molecule has 2 aromatic carbocycles. The molecule has 3 amide bonds. The number of aryl methyl sites for hydroxylation is 1. The zero-order chi connectivity index (χ0) is 30.3. The lowest BCUT2D eigenvalue weighted by atomic mass is 10.0. The number of carbonyl (C=O) groups is 3. The fourth-order valence-electron chi connectivity index (χ4n) is 3.96. The number of benzene rings is 2. The Kier molecular flexibility index (Phi) is 12.5. The molecular formula is C30H37N7O4S. The number of methoxy groups -OCH3 is 1. The zero-order valence-corrected chi connectivity index (χ0v) is 24.6. The molecule has 0 saturated heterocycles. The summed E-state index contributed by atoms with van der Waals surface area (Å²) in [6.07, 6.45) is 6.23. The van der Waals surface area contributed by atoms with Gasteiger partial charge in [-0.05, 0) is 55.0 Å². The molecule has 0 saturated carbocycles. The Bertz CT molecular complexity index is 1410. The van der Waals surface area contributed by atoms with Crippen LogP contribution in [0.2, 0.25) is 0 Å². The van der Waals surface area contributed by atoms with Crippen molar-refractivity contribution < 1.29 is 19.1 Å². The van der Waals surface area contributed by atoms with Gasteiger partial charge in [-0.25, -0.2) is 4.79 Å². The van der Waals surface area contributed by atoms with Crippen LogP contribution in [-0.4, -0.2) is 35.2 Å². The number of aromatic nitrogens is 2. The molecule has 1 atom stereocenters. The van der Waals surface area contributed by atoms with Crippen LogP contribution in [0.5, 0.6) is 0 Å². The summed E-state index contributed by atoms with van der Waals surface area (Å²) >= 11 is 1.34. The number of rotatable bonds is 14. The van der Waals surface area contributed by atoms with Crippen molar-refractivity contribution >= 4 is 34.4 Å². The molecule has 1 aromatic heterocycles. The van der Waals surface area contributed by atoms with Gasteiger partial charge < -0.3 is 32.2 Å². The second kappa shape index (κ2) is 16.5. The molecule has 42 heavy (non-hydrogen) atoms. The number of allylic oxidation sites excluding steroid dienone is 3. The summed E-state index contributed by atoms with van der Waals surface area (Å²) < 4.78 is 4.64. The molecule has 11 nitrogen and oxygen atoms in total. The number of unbranched alkanes of at least 4 members (excludes halogenated alkanes) is 1. The van der Waals surface area contributed by atoms with E-state index in [2.05, 4.69) is 30.9 Å². The predicted molar refractivity (Wildman–Crippen MR) is 163 cm³/mol. The number of alkyl carbamates (subject to hydrolysis) is 1. The van der Waals surface area contributed by atoms with Crippen LogP contribution in [0.1, 0.15) is 53.9 Å². The lowest BCUT2D eigenvalue weighted by Gasteiger charge is -2.14. The molecule has 7 N–H and O–H groups in total. The third-order valence-electron chi connectivity index (χ3n) is 6.12. The molecule has 1 unspecified atom stereocenters. The third-order valence-corrected chi connectivity index (χ3v) is 7.02. The summed E-state index contributed by atoms with van der Waals surface area (Å²) in [7, 11) is 1.31. The average molecular weight is 592 g/mol. The van der Waals surface area contributed by atoms with Crippen LogP contribution in [0.3, 0.4) is 0 Å². The van der Waals surface area contributed by atoms with Gasteiger partial charge in [-0.1, -0.05) is 65.9 Å². The summed E-state index contributed by atoms with van der Waals surface area (Å²) in [5, 5.41) is 17.7. The highest BCUT2D eigenvalue weighted by molar-refractivity contribution is 7.15. The minimum atomic E-state index is -0.517. The Morgan fingerprint density at radius 3 is 2.45 bits per heavy atom. The van der Waals surface area contributed by atoms with E-state index in [0.29, 0.717) is 23.7 Å². The second-order valence-electron chi connectivity index (χ2n) is 9.61. The topological polar surface area (TPSA) is 174 Å². The van der Waals surface area contributed by atoms with Crippen molar-refractivity contribution in [3.8, 4) is 0 Å². The van der Waals surface area contributed by atoms with E-state index in [1.54, 1.807) is 12.2 Å². The molecule has 0 aliphatic heterocycles. The molecule has 0 aliphatic carbocycles. The van der Waals surface area contributed by atoms with E-state index in [0.717, 1.165) is 34.5 Å². The van der Waals surface area contributed by atoms with Crippen molar-refractivity contribution in [2.45, 2.75) is 51.5 Å². The fourth-order valence-corrected chi connectivity index (χ4v) is 4.76. The molecule has 3 aromatic rings.